The molecule has 2 nitrogen and oxygen atoms in total. The molecule has 0 aromatic rings. The first-order valence-corrected chi connectivity index (χ1v) is 8.13. The monoisotopic (exact) mass is 232 g/mol. The summed E-state index contributed by atoms with van der Waals surface area (Å²) in [5.41, 5.74) is 0. The second-order valence-corrected chi connectivity index (χ2v) is 8.23. The molecule has 1 rings (SSSR count). The smallest absolute Gasteiger partial charge is 0.167 e. The van der Waals surface area contributed by atoms with Crippen molar-refractivity contribution < 1.29 is 0 Å². The predicted molar refractivity (Wildman–Crippen MR) is 75.1 cm³/mol. The molecule has 3 heteroatoms. The summed E-state index contributed by atoms with van der Waals surface area (Å²) < 4.78 is 2.44. The van der Waals surface area contributed by atoms with Crippen LogP contribution >= 0.6 is 0 Å². The third-order valence-electron chi connectivity index (χ3n) is 2.90. The summed E-state index contributed by atoms with van der Waals surface area (Å²) in [6.07, 6.45) is 12.0. The maximum atomic E-state index is 4.12. The Labute approximate surface area is 99.5 Å². The first-order valence-electron chi connectivity index (χ1n) is 5.57. The number of hydrogen-bond acceptors (Lipinski definition) is 2. The highest BCUT2D eigenvalue weighted by atomic mass is 28.3. The highest BCUT2D eigenvalue weighted by Gasteiger charge is 2.34. The Kier molecular flexibility index (Phi) is 4.99. The Bertz CT molecular complexity index is 291. The van der Waals surface area contributed by atoms with Gasteiger partial charge in [0.2, 0.25) is 0 Å². The maximum Gasteiger partial charge on any atom is 0.167 e. The fourth-order valence-corrected chi connectivity index (χ4v) is 5.80. The first kappa shape index (κ1) is 12.7. The van der Waals surface area contributed by atoms with Gasteiger partial charge in [0.05, 0.1) is 0 Å². The second-order valence-electron chi connectivity index (χ2n) is 3.98. The summed E-state index contributed by atoms with van der Waals surface area (Å²) in [5.74, 6) is 0. The lowest BCUT2D eigenvalue weighted by molar-refractivity contribution is 0.625. The largest absolute Gasteiger partial charge is 0.396 e. The number of rotatable bonds is 7. The highest BCUT2D eigenvalue weighted by molar-refractivity contribution is 6.78. The van der Waals surface area contributed by atoms with Crippen LogP contribution in [0.1, 0.15) is 0 Å². The van der Waals surface area contributed by atoms with Gasteiger partial charge in [0, 0.05) is 25.2 Å². The molecule has 1 heterocycles. The summed E-state index contributed by atoms with van der Waals surface area (Å²) in [6, 6.07) is 3.18. The predicted octanol–water partition coefficient (Wildman–Crippen LogP) is 3.35. The molecule has 0 unspecified atom stereocenters. The quantitative estimate of drug-likeness (QED) is 0.485. The second kappa shape index (κ2) is 6.28. The van der Waals surface area contributed by atoms with Gasteiger partial charge in [-0.05, 0) is 18.1 Å². The molecule has 0 saturated carbocycles. The van der Waals surface area contributed by atoms with Crippen LogP contribution in [0.25, 0.3) is 0 Å². The molecule has 1 aliphatic rings. The van der Waals surface area contributed by atoms with Crippen molar-refractivity contribution in [1.82, 2.24) is 4.57 Å². The Morgan fingerprint density at radius 3 is 2.06 bits per heavy atom. The molecule has 0 spiro atoms. The average molecular weight is 232 g/mol. The van der Waals surface area contributed by atoms with E-state index in [0.29, 0.717) is 0 Å². The van der Waals surface area contributed by atoms with Crippen molar-refractivity contribution in [2.24, 2.45) is 4.99 Å². The van der Waals surface area contributed by atoms with Gasteiger partial charge in [-0.15, -0.1) is 19.7 Å². The van der Waals surface area contributed by atoms with E-state index in [9.17, 15) is 0 Å². The standard InChI is InChI=1S/C13H20N2Si/c1-4-11-16(12-5-2,13-6-3)15-9-7-14-8-10-15/h4-9H,1-3,10-13H2. The molecule has 0 bridgehead atoms. The van der Waals surface area contributed by atoms with Gasteiger partial charge in [-0.25, -0.2) is 0 Å². The Morgan fingerprint density at radius 1 is 1.12 bits per heavy atom. The average Bonchev–Trinajstić information content (AvgIpc) is 2.31. The molecule has 86 valence electrons. The van der Waals surface area contributed by atoms with E-state index >= 15 is 0 Å². The first-order chi connectivity index (χ1) is 7.79. The number of nitrogens with zero attached hydrogens (tertiary/aromatic N) is 2. The molecule has 0 aliphatic carbocycles. The van der Waals surface area contributed by atoms with Gasteiger partial charge in [-0.3, -0.25) is 4.99 Å². The molecule has 16 heavy (non-hydrogen) atoms. The van der Waals surface area contributed by atoms with E-state index < -0.39 is 8.24 Å². The third kappa shape index (κ3) is 2.82. The SMILES string of the molecule is C=CC[Si](CC=C)(CC=C)N1C=CN=CC1. The fourth-order valence-electron chi connectivity index (χ4n) is 2.14. The lowest BCUT2D eigenvalue weighted by Gasteiger charge is -2.40. The van der Waals surface area contributed by atoms with Crippen LogP contribution in [-0.2, 0) is 0 Å². The zero-order valence-electron chi connectivity index (χ0n) is 9.81. The van der Waals surface area contributed by atoms with Crippen molar-refractivity contribution in [2.75, 3.05) is 6.54 Å². The molecule has 0 atom stereocenters. The number of allylic oxidation sites excluding steroid dienone is 3. The van der Waals surface area contributed by atoms with Crippen molar-refractivity contribution >= 4 is 14.5 Å². The molecular formula is C13H20N2Si. The van der Waals surface area contributed by atoms with Crippen molar-refractivity contribution in [1.29, 1.82) is 0 Å². The van der Waals surface area contributed by atoms with Gasteiger partial charge in [0.1, 0.15) is 0 Å². The Morgan fingerprint density at radius 2 is 1.69 bits per heavy atom. The van der Waals surface area contributed by atoms with Crippen molar-refractivity contribution in [3.63, 3.8) is 0 Å². The van der Waals surface area contributed by atoms with E-state index in [-0.39, 0.29) is 0 Å². The van der Waals surface area contributed by atoms with Crippen molar-refractivity contribution in [3.8, 4) is 0 Å². The molecule has 1 aliphatic heterocycles. The molecule has 0 amide bonds. The van der Waals surface area contributed by atoms with Crippen LogP contribution < -0.4 is 0 Å². The van der Waals surface area contributed by atoms with E-state index in [4.69, 9.17) is 0 Å². The van der Waals surface area contributed by atoms with E-state index in [1.807, 2.05) is 30.6 Å². The van der Waals surface area contributed by atoms with Gasteiger partial charge in [-0.1, -0.05) is 18.2 Å². The number of hydrogen-bond donors (Lipinski definition) is 0. The van der Waals surface area contributed by atoms with Crippen molar-refractivity contribution in [2.45, 2.75) is 18.1 Å². The lowest BCUT2D eigenvalue weighted by Crippen LogP contribution is -2.50. The number of aliphatic imine (C=N–C) groups is 1. The summed E-state index contributed by atoms with van der Waals surface area (Å²) >= 11 is 0. The zero-order valence-corrected chi connectivity index (χ0v) is 10.8. The van der Waals surface area contributed by atoms with Crippen LogP contribution in [-0.4, -0.2) is 25.6 Å². The normalized spacial score (nSPS) is 14.9. The molecular weight excluding hydrogens is 212 g/mol. The molecule has 0 aromatic heterocycles. The lowest BCUT2D eigenvalue weighted by atomic mass is 10.6. The van der Waals surface area contributed by atoms with E-state index in [2.05, 4.69) is 35.5 Å². The van der Waals surface area contributed by atoms with E-state index in [1.165, 1.54) is 0 Å². The van der Waals surface area contributed by atoms with Crippen LogP contribution in [0, 0.1) is 0 Å². The van der Waals surface area contributed by atoms with Crippen LogP contribution in [0.2, 0.25) is 18.1 Å². The summed E-state index contributed by atoms with van der Waals surface area (Å²) in [7, 11) is -1.59. The van der Waals surface area contributed by atoms with Gasteiger partial charge in [0.15, 0.2) is 8.24 Å². The minimum absolute atomic E-state index is 0.901. The summed E-state index contributed by atoms with van der Waals surface area (Å²) in [6.45, 7) is 12.6. The minimum Gasteiger partial charge on any atom is -0.396 e. The molecule has 0 N–H and O–H groups in total. The Hall–Kier alpha value is -1.35. The Balaban J connectivity index is 2.92. The molecule has 0 saturated heterocycles. The fraction of sp³-hybridized carbons (Fsp3) is 0.308. The van der Waals surface area contributed by atoms with E-state index in [1.54, 1.807) is 0 Å². The van der Waals surface area contributed by atoms with Crippen LogP contribution in [0.15, 0.2) is 55.4 Å². The van der Waals surface area contributed by atoms with Crippen LogP contribution in [0.5, 0.6) is 0 Å². The van der Waals surface area contributed by atoms with Gasteiger partial charge in [-0.2, -0.15) is 0 Å². The zero-order chi connectivity index (χ0) is 11.9. The van der Waals surface area contributed by atoms with Crippen molar-refractivity contribution in [3.05, 3.63) is 50.4 Å². The highest BCUT2D eigenvalue weighted by Crippen LogP contribution is 2.27. The minimum atomic E-state index is -1.59. The van der Waals surface area contributed by atoms with E-state index in [0.717, 1.165) is 24.7 Å². The molecule has 0 aromatic carbocycles. The van der Waals surface area contributed by atoms with Crippen LogP contribution in [0.4, 0.5) is 0 Å². The third-order valence-corrected chi connectivity index (χ3v) is 7.59. The topological polar surface area (TPSA) is 15.6 Å². The summed E-state index contributed by atoms with van der Waals surface area (Å²) in [5, 5.41) is 0. The maximum absolute atomic E-state index is 4.12. The van der Waals surface area contributed by atoms with Crippen LogP contribution in [0.3, 0.4) is 0 Å². The summed E-state index contributed by atoms with van der Waals surface area (Å²) in [4.78, 5) is 4.12. The molecule has 0 radical (unpaired) electrons. The van der Waals surface area contributed by atoms with Gasteiger partial charge >= 0.3 is 0 Å². The van der Waals surface area contributed by atoms with Gasteiger partial charge < -0.3 is 4.57 Å². The van der Waals surface area contributed by atoms with Gasteiger partial charge in [0.25, 0.3) is 0 Å². The molecule has 0 fully saturated rings.